The van der Waals surface area contributed by atoms with Gasteiger partial charge in [-0.25, -0.2) is 10.2 Å². The normalized spacial score (nSPS) is 15.0. The van der Waals surface area contributed by atoms with Crippen molar-refractivity contribution >= 4 is 41.6 Å². The van der Waals surface area contributed by atoms with Gasteiger partial charge in [-0.1, -0.05) is 0 Å². The van der Waals surface area contributed by atoms with E-state index in [0.717, 1.165) is 6.21 Å². The fourth-order valence-corrected chi connectivity index (χ4v) is 1.81. The second kappa shape index (κ2) is 7.13. The number of nitrogens with zero attached hydrogens (tertiary/aromatic N) is 1. The van der Waals surface area contributed by atoms with Crippen LogP contribution in [0, 0.1) is 5.92 Å². The molecule has 0 bridgehead atoms. The predicted octanol–water partition coefficient (Wildman–Crippen LogP) is -0.657. The maximum absolute atomic E-state index is 11.9. The van der Waals surface area contributed by atoms with E-state index in [1.807, 2.05) is 10.6 Å². The SMILES string of the molecule is CC(=O)Nc1ccc(C(=O)N/N=C/C2C(=O)NC(=O)NC2=O)cc1. The molecule has 1 heterocycles. The van der Waals surface area contributed by atoms with Gasteiger partial charge < -0.3 is 5.32 Å². The van der Waals surface area contributed by atoms with Crippen LogP contribution in [0.2, 0.25) is 0 Å². The van der Waals surface area contributed by atoms with Crippen molar-refractivity contribution in [2.45, 2.75) is 6.92 Å². The first-order valence-electron chi connectivity index (χ1n) is 6.73. The molecule has 1 aromatic carbocycles. The summed E-state index contributed by atoms with van der Waals surface area (Å²) in [6, 6.07) is 5.10. The van der Waals surface area contributed by atoms with Crippen molar-refractivity contribution in [3.63, 3.8) is 0 Å². The van der Waals surface area contributed by atoms with E-state index >= 15 is 0 Å². The van der Waals surface area contributed by atoms with E-state index < -0.39 is 29.7 Å². The molecule has 1 fully saturated rings. The number of hydrogen-bond acceptors (Lipinski definition) is 6. The molecule has 1 saturated heterocycles. The molecule has 0 aromatic heterocycles. The van der Waals surface area contributed by atoms with Gasteiger partial charge in [-0.2, -0.15) is 5.10 Å². The molecule has 10 heteroatoms. The largest absolute Gasteiger partial charge is 0.328 e. The van der Waals surface area contributed by atoms with Crippen LogP contribution in [0.15, 0.2) is 29.4 Å². The van der Waals surface area contributed by atoms with Gasteiger partial charge in [0.05, 0.1) is 0 Å². The minimum atomic E-state index is -1.31. The van der Waals surface area contributed by atoms with Gasteiger partial charge in [-0.05, 0) is 24.3 Å². The molecule has 0 unspecified atom stereocenters. The molecule has 2 rings (SSSR count). The third kappa shape index (κ3) is 4.22. The minimum Gasteiger partial charge on any atom is -0.326 e. The maximum atomic E-state index is 11.9. The van der Waals surface area contributed by atoms with Gasteiger partial charge >= 0.3 is 6.03 Å². The van der Waals surface area contributed by atoms with Crippen molar-refractivity contribution in [2.24, 2.45) is 11.0 Å². The predicted molar refractivity (Wildman–Crippen MR) is 81.9 cm³/mol. The minimum absolute atomic E-state index is 0.237. The van der Waals surface area contributed by atoms with Crippen LogP contribution in [0.5, 0.6) is 0 Å². The number of barbiturate groups is 1. The Balaban J connectivity index is 1.95. The molecule has 6 amide bonds. The van der Waals surface area contributed by atoms with E-state index in [1.54, 1.807) is 0 Å². The zero-order chi connectivity index (χ0) is 17.7. The highest BCUT2D eigenvalue weighted by atomic mass is 16.2. The van der Waals surface area contributed by atoms with Crippen LogP contribution in [0.4, 0.5) is 10.5 Å². The Bertz CT molecular complexity index is 720. The van der Waals surface area contributed by atoms with Crippen LogP contribution in [0.1, 0.15) is 17.3 Å². The number of nitrogens with one attached hydrogen (secondary N) is 4. The number of urea groups is 1. The summed E-state index contributed by atoms with van der Waals surface area (Å²) < 4.78 is 0. The Labute approximate surface area is 135 Å². The molecule has 0 atom stereocenters. The molecule has 0 radical (unpaired) electrons. The quantitative estimate of drug-likeness (QED) is 0.329. The highest BCUT2D eigenvalue weighted by Gasteiger charge is 2.32. The summed E-state index contributed by atoms with van der Waals surface area (Å²) in [6.45, 7) is 1.36. The van der Waals surface area contributed by atoms with Crippen LogP contribution < -0.4 is 21.4 Å². The van der Waals surface area contributed by atoms with Crippen LogP contribution in [0.25, 0.3) is 0 Å². The molecule has 1 aromatic rings. The molecule has 0 aliphatic carbocycles. The number of carbonyl (C=O) groups is 5. The number of benzene rings is 1. The molecule has 1 aliphatic heterocycles. The van der Waals surface area contributed by atoms with Gasteiger partial charge in [0.1, 0.15) is 0 Å². The summed E-state index contributed by atoms with van der Waals surface area (Å²) in [4.78, 5) is 56.6. The topological polar surface area (TPSA) is 146 Å². The first kappa shape index (κ1) is 16.8. The van der Waals surface area contributed by atoms with E-state index in [4.69, 9.17) is 0 Å². The Hall–Kier alpha value is -3.56. The molecule has 24 heavy (non-hydrogen) atoms. The summed E-state index contributed by atoms with van der Waals surface area (Å²) in [5, 5.41) is 9.90. The van der Waals surface area contributed by atoms with Crippen molar-refractivity contribution in [3.05, 3.63) is 29.8 Å². The van der Waals surface area contributed by atoms with Crippen molar-refractivity contribution in [2.75, 3.05) is 5.32 Å². The lowest BCUT2D eigenvalue weighted by molar-refractivity contribution is -0.132. The third-order valence-corrected chi connectivity index (χ3v) is 2.90. The molecule has 4 N–H and O–H groups in total. The lowest BCUT2D eigenvalue weighted by Crippen LogP contribution is -2.56. The fourth-order valence-electron chi connectivity index (χ4n) is 1.81. The number of imide groups is 2. The Morgan fingerprint density at radius 1 is 1.08 bits per heavy atom. The Morgan fingerprint density at radius 3 is 2.21 bits per heavy atom. The fraction of sp³-hybridized carbons (Fsp3) is 0.143. The van der Waals surface area contributed by atoms with Crippen LogP contribution in [-0.4, -0.2) is 35.9 Å². The lowest BCUT2D eigenvalue weighted by Gasteiger charge is -2.16. The highest BCUT2D eigenvalue weighted by Crippen LogP contribution is 2.09. The van der Waals surface area contributed by atoms with E-state index in [9.17, 15) is 24.0 Å². The summed E-state index contributed by atoms with van der Waals surface area (Å²) >= 11 is 0. The third-order valence-electron chi connectivity index (χ3n) is 2.90. The van der Waals surface area contributed by atoms with Crippen LogP contribution >= 0.6 is 0 Å². The standard InChI is InChI=1S/C14H13N5O5/c1-7(20)16-9-4-2-8(3-5-9)11(21)19-15-6-10-12(22)17-14(24)18-13(10)23/h2-6,10H,1H3,(H,16,20)(H,19,21)(H2,17,18,22,23,24)/b15-6+. The average molecular weight is 331 g/mol. The van der Waals surface area contributed by atoms with Gasteiger partial charge in [0.2, 0.25) is 17.7 Å². The highest BCUT2D eigenvalue weighted by molar-refractivity contribution is 6.23. The van der Waals surface area contributed by atoms with Crippen molar-refractivity contribution < 1.29 is 24.0 Å². The van der Waals surface area contributed by atoms with Gasteiger partial charge in [-0.3, -0.25) is 29.8 Å². The monoisotopic (exact) mass is 331 g/mol. The maximum Gasteiger partial charge on any atom is 0.328 e. The van der Waals surface area contributed by atoms with Gasteiger partial charge in [0.15, 0.2) is 5.92 Å². The molecule has 0 saturated carbocycles. The number of rotatable bonds is 4. The zero-order valence-electron chi connectivity index (χ0n) is 12.5. The zero-order valence-corrected chi connectivity index (χ0v) is 12.5. The van der Waals surface area contributed by atoms with E-state index in [-0.39, 0.29) is 11.5 Å². The molecular formula is C14H13N5O5. The van der Waals surface area contributed by atoms with Crippen molar-refractivity contribution in [1.29, 1.82) is 0 Å². The number of hydrazone groups is 1. The molecule has 124 valence electrons. The molecule has 1 aliphatic rings. The summed E-state index contributed by atoms with van der Waals surface area (Å²) in [7, 11) is 0. The summed E-state index contributed by atoms with van der Waals surface area (Å²) in [5.74, 6) is -3.79. The van der Waals surface area contributed by atoms with E-state index in [0.29, 0.717) is 5.69 Å². The first-order valence-corrected chi connectivity index (χ1v) is 6.73. The van der Waals surface area contributed by atoms with Crippen LogP contribution in [0.3, 0.4) is 0 Å². The number of hydrogen-bond donors (Lipinski definition) is 4. The summed E-state index contributed by atoms with van der Waals surface area (Å²) in [6.07, 6.45) is 0.917. The average Bonchev–Trinajstić information content (AvgIpc) is 2.49. The lowest BCUT2D eigenvalue weighted by atomic mass is 10.1. The van der Waals surface area contributed by atoms with Crippen LogP contribution in [-0.2, 0) is 14.4 Å². The van der Waals surface area contributed by atoms with Gasteiger partial charge in [0.25, 0.3) is 5.91 Å². The van der Waals surface area contributed by atoms with Crippen molar-refractivity contribution in [1.82, 2.24) is 16.1 Å². The van der Waals surface area contributed by atoms with Gasteiger partial charge in [0, 0.05) is 24.4 Å². The molecule has 0 spiro atoms. The first-order chi connectivity index (χ1) is 11.4. The smallest absolute Gasteiger partial charge is 0.326 e. The Kier molecular flexibility index (Phi) is 5.00. The Morgan fingerprint density at radius 2 is 1.67 bits per heavy atom. The second-order valence-corrected chi connectivity index (χ2v) is 4.76. The summed E-state index contributed by atoms with van der Waals surface area (Å²) in [5.41, 5.74) is 2.95. The number of anilines is 1. The van der Waals surface area contributed by atoms with Gasteiger partial charge in [-0.15, -0.1) is 0 Å². The molecule has 10 nitrogen and oxygen atoms in total. The van der Waals surface area contributed by atoms with Crippen molar-refractivity contribution in [3.8, 4) is 0 Å². The second-order valence-electron chi connectivity index (χ2n) is 4.76. The number of amides is 6. The number of carbonyl (C=O) groups excluding carboxylic acids is 5. The molecular weight excluding hydrogens is 318 g/mol. The van der Waals surface area contributed by atoms with E-state index in [2.05, 4.69) is 15.8 Å². The van der Waals surface area contributed by atoms with E-state index in [1.165, 1.54) is 31.2 Å².